The van der Waals surface area contributed by atoms with Gasteiger partial charge in [-0.1, -0.05) is 11.6 Å². The molecule has 0 bridgehead atoms. The fraction of sp³-hybridized carbons (Fsp3) is 0.167. The summed E-state index contributed by atoms with van der Waals surface area (Å²) in [6, 6.07) is 0. The predicted octanol–water partition coefficient (Wildman–Crippen LogP) is 2.95. The van der Waals surface area contributed by atoms with Crippen molar-refractivity contribution >= 4 is 11.6 Å². The van der Waals surface area contributed by atoms with Crippen LogP contribution in [0, 0.1) is 11.6 Å². The van der Waals surface area contributed by atoms with Gasteiger partial charge in [-0.2, -0.15) is 0 Å². The Labute approximate surface area is 70.0 Å². The Hall–Kier alpha value is -0.840. The van der Waals surface area contributed by atoms with Gasteiger partial charge in [-0.15, -0.1) is 0 Å². The smallest absolute Gasteiger partial charge is 0.250 e. The minimum absolute atomic E-state index is 0.364. The summed E-state index contributed by atoms with van der Waals surface area (Å²) in [5, 5.41) is -0.968. The molecule has 12 heavy (non-hydrogen) atoms. The van der Waals surface area contributed by atoms with E-state index in [9.17, 15) is 17.6 Å². The van der Waals surface area contributed by atoms with Crippen LogP contribution in [0.3, 0.4) is 0 Å². The van der Waals surface area contributed by atoms with E-state index in [1.807, 2.05) is 0 Å². The lowest BCUT2D eigenvalue weighted by molar-refractivity contribution is 0.145. The molecule has 0 saturated heterocycles. The van der Waals surface area contributed by atoms with Crippen LogP contribution in [0.2, 0.25) is 5.02 Å². The number of rotatable bonds is 1. The monoisotopic (exact) mass is 199 g/mol. The van der Waals surface area contributed by atoms with E-state index in [4.69, 9.17) is 11.6 Å². The van der Waals surface area contributed by atoms with Gasteiger partial charge >= 0.3 is 0 Å². The maximum Gasteiger partial charge on any atom is 0.281 e. The number of alkyl halides is 2. The molecule has 0 spiro atoms. The van der Waals surface area contributed by atoms with E-state index in [2.05, 4.69) is 4.98 Å². The van der Waals surface area contributed by atoms with Crippen LogP contribution < -0.4 is 0 Å². The lowest BCUT2D eigenvalue weighted by atomic mass is 10.3. The van der Waals surface area contributed by atoms with E-state index in [1.54, 1.807) is 0 Å². The number of pyridine rings is 1. The van der Waals surface area contributed by atoms with Crippen molar-refractivity contribution in [1.82, 2.24) is 4.98 Å². The zero-order chi connectivity index (χ0) is 9.30. The van der Waals surface area contributed by atoms with Crippen LogP contribution in [0.25, 0.3) is 0 Å². The van der Waals surface area contributed by atoms with Crippen LogP contribution in [0.15, 0.2) is 6.20 Å². The molecule has 1 aromatic rings. The minimum Gasteiger partial charge on any atom is -0.250 e. The van der Waals surface area contributed by atoms with Crippen molar-refractivity contribution in [2.75, 3.05) is 0 Å². The van der Waals surface area contributed by atoms with Crippen molar-refractivity contribution in [1.29, 1.82) is 0 Å². The van der Waals surface area contributed by atoms with Crippen LogP contribution in [-0.4, -0.2) is 4.98 Å². The SMILES string of the molecule is Fc1cnc(C(F)F)c(Cl)c1F. The highest BCUT2D eigenvalue weighted by molar-refractivity contribution is 6.31. The van der Waals surface area contributed by atoms with Gasteiger partial charge in [0.15, 0.2) is 11.6 Å². The maximum atomic E-state index is 12.5. The average molecular weight is 200 g/mol. The molecule has 66 valence electrons. The van der Waals surface area contributed by atoms with E-state index >= 15 is 0 Å². The molecule has 0 saturated carbocycles. The van der Waals surface area contributed by atoms with E-state index in [0.29, 0.717) is 6.20 Å². The second-order valence-electron chi connectivity index (χ2n) is 1.92. The third kappa shape index (κ3) is 1.50. The summed E-state index contributed by atoms with van der Waals surface area (Å²) in [5.74, 6) is -2.84. The fourth-order valence-corrected chi connectivity index (χ4v) is 0.831. The Kier molecular flexibility index (Phi) is 2.52. The highest BCUT2D eigenvalue weighted by atomic mass is 35.5. The van der Waals surface area contributed by atoms with E-state index in [0.717, 1.165) is 0 Å². The molecule has 0 aliphatic carbocycles. The lowest BCUT2D eigenvalue weighted by Gasteiger charge is -2.02. The molecule has 0 aliphatic heterocycles. The molecule has 0 aromatic carbocycles. The first-order valence-corrected chi connectivity index (χ1v) is 3.19. The van der Waals surface area contributed by atoms with E-state index < -0.39 is 28.8 Å². The Morgan fingerprint density at radius 2 is 1.92 bits per heavy atom. The highest BCUT2D eigenvalue weighted by Gasteiger charge is 2.19. The van der Waals surface area contributed by atoms with Crippen LogP contribution in [0.5, 0.6) is 0 Å². The largest absolute Gasteiger partial charge is 0.281 e. The minimum atomic E-state index is -3.01. The zero-order valence-corrected chi connectivity index (χ0v) is 6.25. The number of nitrogens with zero attached hydrogens (tertiary/aromatic N) is 1. The van der Waals surface area contributed by atoms with Crippen molar-refractivity contribution in [3.05, 3.63) is 28.5 Å². The molecule has 1 aromatic heterocycles. The lowest BCUT2D eigenvalue weighted by Crippen LogP contribution is -1.97. The molecule has 0 radical (unpaired) electrons. The normalized spacial score (nSPS) is 10.8. The molecule has 0 N–H and O–H groups in total. The van der Waals surface area contributed by atoms with Gasteiger partial charge in [-0.25, -0.2) is 17.6 Å². The van der Waals surface area contributed by atoms with Gasteiger partial charge in [0, 0.05) is 0 Å². The van der Waals surface area contributed by atoms with Crippen LogP contribution in [0.1, 0.15) is 12.1 Å². The Morgan fingerprint density at radius 1 is 1.33 bits per heavy atom. The molecular weight excluding hydrogens is 198 g/mol. The zero-order valence-electron chi connectivity index (χ0n) is 5.49. The number of aromatic nitrogens is 1. The maximum absolute atomic E-state index is 12.5. The Balaban J connectivity index is 3.27. The second-order valence-corrected chi connectivity index (χ2v) is 2.30. The third-order valence-electron chi connectivity index (χ3n) is 1.15. The Bertz CT molecular complexity index is 302. The van der Waals surface area contributed by atoms with Gasteiger partial charge in [0.1, 0.15) is 10.7 Å². The topological polar surface area (TPSA) is 12.9 Å². The standard InChI is InChI=1S/C6H2ClF4N/c7-3-4(9)2(8)1-12-5(3)6(10)11/h1,6H. The van der Waals surface area contributed by atoms with Gasteiger partial charge in [0.25, 0.3) is 6.43 Å². The third-order valence-corrected chi connectivity index (χ3v) is 1.51. The highest BCUT2D eigenvalue weighted by Crippen LogP contribution is 2.27. The van der Waals surface area contributed by atoms with Crippen LogP contribution in [-0.2, 0) is 0 Å². The molecule has 6 heteroatoms. The van der Waals surface area contributed by atoms with E-state index in [1.165, 1.54) is 0 Å². The summed E-state index contributed by atoms with van der Waals surface area (Å²) >= 11 is 5.04. The molecule has 1 rings (SSSR count). The van der Waals surface area contributed by atoms with Gasteiger partial charge in [0.2, 0.25) is 0 Å². The second kappa shape index (κ2) is 3.26. The van der Waals surface area contributed by atoms with Gasteiger partial charge in [-0.3, -0.25) is 4.98 Å². The van der Waals surface area contributed by atoms with E-state index in [-0.39, 0.29) is 0 Å². The quantitative estimate of drug-likeness (QED) is 0.634. The summed E-state index contributed by atoms with van der Waals surface area (Å²) in [6.45, 7) is 0. The summed E-state index contributed by atoms with van der Waals surface area (Å²) in [4.78, 5) is 2.94. The van der Waals surface area contributed by atoms with Gasteiger partial charge in [-0.05, 0) is 0 Å². The van der Waals surface area contributed by atoms with Crippen LogP contribution >= 0.6 is 11.6 Å². The fourth-order valence-electron chi connectivity index (χ4n) is 0.609. The van der Waals surface area contributed by atoms with Crippen LogP contribution in [0.4, 0.5) is 17.6 Å². The van der Waals surface area contributed by atoms with Crippen molar-refractivity contribution < 1.29 is 17.6 Å². The number of halogens is 5. The number of hydrogen-bond donors (Lipinski definition) is 0. The Morgan fingerprint density at radius 3 is 2.42 bits per heavy atom. The molecule has 0 atom stereocenters. The molecular formula is C6H2ClF4N. The summed E-state index contributed by atoms with van der Waals surface area (Å²) in [7, 11) is 0. The van der Waals surface area contributed by atoms with Gasteiger partial charge in [0.05, 0.1) is 6.20 Å². The molecule has 0 fully saturated rings. The summed E-state index contributed by atoms with van der Waals surface area (Å²) < 4.78 is 48.5. The molecule has 0 aliphatic rings. The van der Waals surface area contributed by atoms with Crippen molar-refractivity contribution in [3.8, 4) is 0 Å². The average Bonchev–Trinajstić information content (AvgIpc) is 2.00. The first kappa shape index (κ1) is 9.25. The molecule has 0 unspecified atom stereocenters. The van der Waals surface area contributed by atoms with Crippen molar-refractivity contribution in [2.45, 2.75) is 6.43 Å². The predicted molar refractivity (Wildman–Crippen MR) is 34.1 cm³/mol. The first-order valence-electron chi connectivity index (χ1n) is 2.81. The summed E-state index contributed by atoms with van der Waals surface area (Å²) in [5.41, 5.74) is -0.949. The van der Waals surface area contributed by atoms with Gasteiger partial charge < -0.3 is 0 Å². The summed E-state index contributed by atoms with van der Waals surface area (Å²) in [6.07, 6.45) is -2.64. The van der Waals surface area contributed by atoms with Crippen molar-refractivity contribution in [2.24, 2.45) is 0 Å². The first-order chi connectivity index (χ1) is 5.54. The number of hydrogen-bond acceptors (Lipinski definition) is 1. The van der Waals surface area contributed by atoms with Crippen molar-refractivity contribution in [3.63, 3.8) is 0 Å². The molecule has 0 amide bonds. The molecule has 1 heterocycles. The molecule has 1 nitrogen and oxygen atoms in total.